The highest BCUT2D eigenvalue weighted by Gasteiger charge is 2.20. The zero-order chi connectivity index (χ0) is 15.9. The van der Waals surface area contributed by atoms with Crippen LogP contribution < -0.4 is 10.2 Å². The number of piperazine rings is 1. The molecule has 1 aliphatic rings. The molecule has 0 aromatic heterocycles. The molecule has 0 radical (unpaired) electrons. The highest BCUT2D eigenvalue weighted by molar-refractivity contribution is 6.34. The third kappa shape index (κ3) is 4.62. The van der Waals surface area contributed by atoms with Gasteiger partial charge in [0.05, 0.1) is 16.4 Å². The number of nitrogens with zero attached hydrogens (tertiary/aromatic N) is 2. The molecule has 0 atom stereocenters. The summed E-state index contributed by atoms with van der Waals surface area (Å²) in [5.74, 6) is 0.0751. The minimum absolute atomic E-state index is 0.0751. The van der Waals surface area contributed by atoms with Crippen LogP contribution in [0.15, 0.2) is 18.2 Å². The van der Waals surface area contributed by atoms with E-state index in [1.807, 2.05) is 18.2 Å². The average molecular weight is 324 g/mol. The monoisotopic (exact) mass is 323 g/mol. The topological polar surface area (TPSA) is 35.6 Å². The van der Waals surface area contributed by atoms with E-state index in [1.165, 1.54) is 0 Å². The van der Waals surface area contributed by atoms with Crippen molar-refractivity contribution >= 4 is 28.9 Å². The molecule has 2 rings (SSSR count). The molecule has 4 nitrogen and oxygen atoms in total. The number of rotatable bonds is 6. The van der Waals surface area contributed by atoms with Crippen LogP contribution in [-0.4, -0.2) is 44.0 Å². The summed E-state index contributed by atoms with van der Waals surface area (Å²) in [6.45, 7) is 6.02. The van der Waals surface area contributed by atoms with E-state index in [-0.39, 0.29) is 5.91 Å². The molecule has 1 heterocycles. The van der Waals surface area contributed by atoms with Crippen LogP contribution in [0, 0.1) is 0 Å². The van der Waals surface area contributed by atoms with Gasteiger partial charge in [-0.15, -0.1) is 0 Å². The third-order valence-corrected chi connectivity index (χ3v) is 4.39. The Kier molecular flexibility index (Phi) is 6.52. The van der Waals surface area contributed by atoms with E-state index in [4.69, 9.17) is 11.6 Å². The first-order valence-electron chi connectivity index (χ1n) is 8.13. The molecule has 1 aromatic rings. The number of halogens is 1. The van der Waals surface area contributed by atoms with Crippen LogP contribution in [0.2, 0.25) is 5.02 Å². The van der Waals surface area contributed by atoms with E-state index >= 15 is 0 Å². The second kappa shape index (κ2) is 8.39. The van der Waals surface area contributed by atoms with Crippen LogP contribution in [0.3, 0.4) is 0 Å². The second-order valence-electron chi connectivity index (χ2n) is 5.93. The molecule has 122 valence electrons. The summed E-state index contributed by atoms with van der Waals surface area (Å²) in [5, 5.41) is 3.74. The van der Waals surface area contributed by atoms with Gasteiger partial charge in [-0.3, -0.25) is 4.79 Å². The number of nitrogens with one attached hydrogen (secondary N) is 1. The fourth-order valence-electron chi connectivity index (χ4n) is 2.72. The molecule has 1 N–H and O–H groups in total. The zero-order valence-electron chi connectivity index (χ0n) is 13.6. The molecular formula is C17H26ClN3O. The molecule has 22 heavy (non-hydrogen) atoms. The summed E-state index contributed by atoms with van der Waals surface area (Å²) in [5.41, 5.74) is 1.79. The van der Waals surface area contributed by atoms with Crippen molar-refractivity contribution in [2.45, 2.75) is 32.6 Å². The van der Waals surface area contributed by atoms with Gasteiger partial charge < -0.3 is 15.1 Å². The Hall–Kier alpha value is -1.26. The first-order chi connectivity index (χ1) is 10.6. The summed E-state index contributed by atoms with van der Waals surface area (Å²) in [6.07, 6.45) is 3.72. The summed E-state index contributed by atoms with van der Waals surface area (Å²) >= 11 is 6.40. The van der Waals surface area contributed by atoms with Crippen LogP contribution in [0.4, 0.5) is 11.4 Å². The Bertz CT molecular complexity index is 499. The Morgan fingerprint density at radius 1 is 1.23 bits per heavy atom. The number of hydrogen-bond acceptors (Lipinski definition) is 3. The van der Waals surface area contributed by atoms with E-state index < -0.39 is 0 Å². The molecule has 0 spiro atoms. The average Bonchev–Trinajstić information content (AvgIpc) is 2.49. The molecular weight excluding hydrogens is 298 g/mol. The van der Waals surface area contributed by atoms with Crippen molar-refractivity contribution in [2.75, 3.05) is 43.4 Å². The van der Waals surface area contributed by atoms with Gasteiger partial charge in [-0.25, -0.2) is 0 Å². The molecule has 0 unspecified atom stereocenters. The predicted molar refractivity (Wildman–Crippen MR) is 93.9 cm³/mol. The van der Waals surface area contributed by atoms with Crippen molar-refractivity contribution in [1.29, 1.82) is 0 Å². The predicted octanol–water partition coefficient (Wildman–Crippen LogP) is 3.61. The molecule has 1 saturated heterocycles. The lowest BCUT2D eigenvalue weighted by Crippen LogP contribution is -2.44. The van der Waals surface area contributed by atoms with Crippen molar-refractivity contribution in [3.63, 3.8) is 0 Å². The fraction of sp³-hybridized carbons (Fsp3) is 0.588. The molecule has 1 amide bonds. The van der Waals surface area contributed by atoms with Crippen LogP contribution >= 0.6 is 11.6 Å². The largest absolute Gasteiger partial charge is 0.366 e. The lowest BCUT2D eigenvalue weighted by atomic mass is 10.1. The summed E-state index contributed by atoms with van der Waals surface area (Å²) in [7, 11) is 2.13. The zero-order valence-corrected chi connectivity index (χ0v) is 14.3. The summed E-state index contributed by atoms with van der Waals surface area (Å²) < 4.78 is 0. The van der Waals surface area contributed by atoms with Crippen molar-refractivity contribution in [2.24, 2.45) is 0 Å². The number of anilines is 2. The molecule has 0 aliphatic carbocycles. The number of hydrogen-bond donors (Lipinski definition) is 1. The quantitative estimate of drug-likeness (QED) is 0.812. The van der Waals surface area contributed by atoms with Gasteiger partial charge in [0.1, 0.15) is 0 Å². The molecule has 0 bridgehead atoms. The first-order valence-corrected chi connectivity index (χ1v) is 8.51. The fourth-order valence-corrected chi connectivity index (χ4v) is 3.01. The van der Waals surface area contributed by atoms with Gasteiger partial charge in [-0.05, 0) is 25.6 Å². The molecule has 0 saturated carbocycles. The van der Waals surface area contributed by atoms with Gasteiger partial charge in [-0.1, -0.05) is 37.4 Å². The number of carbonyl (C=O) groups excluding carboxylic acids is 1. The normalized spacial score (nSPS) is 15.9. The van der Waals surface area contributed by atoms with E-state index in [0.29, 0.717) is 11.4 Å². The highest BCUT2D eigenvalue weighted by atomic mass is 35.5. The smallest absolute Gasteiger partial charge is 0.224 e. The maximum Gasteiger partial charge on any atom is 0.224 e. The number of amides is 1. The van der Waals surface area contributed by atoms with Crippen molar-refractivity contribution in [3.05, 3.63) is 23.2 Å². The number of benzene rings is 1. The molecule has 1 aromatic carbocycles. The second-order valence-corrected chi connectivity index (χ2v) is 6.34. The summed E-state index contributed by atoms with van der Waals surface area (Å²) in [6, 6.07) is 5.72. The maximum absolute atomic E-state index is 12.1. The summed E-state index contributed by atoms with van der Waals surface area (Å²) in [4.78, 5) is 16.7. The van der Waals surface area contributed by atoms with Gasteiger partial charge >= 0.3 is 0 Å². The Morgan fingerprint density at radius 3 is 2.64 bits per heavy atom. The maximum atomic E-state index is 12.1. The lowest BCUT2D eigenvalue weighted by Gasteiger charge is -2.35. The van der Waals surface area contributed by atoms with Crippen molar-refractivity contribution < 1.29 is 4.79 Å². The van der Waals surface area contributed by atoms with Crippen molar-refractivity contribution in [1.82, 2.24) is 4.90 Å². The van der Waals surface area contributed by atoms with Crippen molar-refractivity contribution in [3.8, 4) is 0 Å². The minimum Gasteiger partial charge on any atom is -0.366 e. The number of likely N-dealkylation sites (N-methyl/N-ethyl adjacent to an activating group) is 1. The van der Waals surface area contributed by atoms with Gasteiger partial charge in [0, 0.05) is 32.6 Å². The number of carbonyl (C=O) groups is 1. The van der Waals surface area contributed by atoms with Crippen LogP contribution in [0.1, 0.15) is 32.6 Å². The van der Waals surface area contributed by atoms with Gasteiger partial charge in [0.15, 0.2) is 0 Å². The molecule has 5 heteroatoms. The van der Waals surface area contributed by atoms with Gasteiger partial charge in [0.2, 0.25) is 5.91 Å². The minimum atomic E-state index is 0.0751. The third-order valence-electron chi connectivity index (χ3n) is 4.09. The van der Waals surface area contributed by atoms with E-state index in [9.17, 15) is 4.79 Å². The van der Waals surface area contributed by atoms with Crippen LogP contribution in [0.25, 0.3) is 0 Å². The van der Waals surface area contributed by atoms with Gasteiger partial charge in [-0.2, -0.15) is 0 Å². The Morgan fingerprint density at radius 2 is 1.95 bits per heavy atom. The standard InChI is InChI=1S/C17H26ClN3O/c1-3-4-5-9-16(22)19-15-8-6-7-14(18)17(15)21-12-10-20(2)11-13-21/h6-8H,3-5,9-13H2,1-2H3,(H,19,22). The van der Waals surface area contributed by atoms with Crippen LogP contribution in [-0.2, 0) is 4.79 Å². The lowest BCUT2D eigenvalue weighted by molar-refractivity contribution is -0.116. The SMILES string of the molecule is CCCCCC(=O)Nc1cccc(Cl)c1N1CCN(C)CC1. The first kappa shape index (κ1) is 17.1. The van der Waals surface area contributed by atoms with E-state index in [2.05, 4.69) is 29.1 Å². The number of unbranched alkanes of at least 4 members (excludes halogenated alkanes) is 2. The van der Waals surface area contributed by atoms with Gasteiger partial charge in [0.25, 0.3) is 0 Å². The number of para-hydroxylation sites is 1. The van der Waals surface area contributed by atoms with E-state index in [0.717, 1.165) is 56.8 Å². The Balaban J connectivity index is 2.07. The molecule has 1 aliphatic heterocycles. The molecule has 1 fully saturated rings. The van der Waals surface area contributed by atoms with E-state index in [1.54, 1.807) is 0 Å². The highest BCUT2D eigenvalue weighted by Crippen LogP contribution is 2.34. The Labute approximate surface area is 138 Å². The van der Waals surface area contributed by atoms with Crippen LogP contribution in [0.5, 0.6) is 0 Å².